The van der Waals surface area contributed by atoms with Gasteiger partial charge >= 0.3 is 0 Å². The molecule has 15 heavy (non-hydrogen) atoms. The first kappa shape index (κ1) is 11.8. The second-order valence-corrected chi connectivity index (χ2v) is 4.03. The van der Waals surface area contributed by atoms with Gasteiger partial charge in [0.05, 0.1) is 23.8 Å². The molecule has 0 aliphatic carbocycles. The third-order valence-corrected chi connectivity index (χ3v) is 2.92. The number of aromatic nitrogens is 1. The maximum atomic E-state index is 4.17. The van der Waals surface area contributed by atoms with Crippen molar-refractivity contribution in [2.24, 2.45) is 5.92 Å². The molecule has 1 aromatic heterocycles. The minimum atomic E-state index is 0.476. The molecule has 0 aromatic carbocycles. The Labute approximate surface area is 92.3 Å². The van der Waals surface area contributed by atoms with E-state index in [1.165, 1.54) is 6.42 Å². The van der Waals surface area contributed by atoms with Crippen LogP contribution < -0.4 is 10.6 Å². The van der Waals surface area contributed by atoms with Crippen molar-refractivity contribution in [1.29, 1.82) is 0 Å². The van der Waals surface area contributed by atoms with Crippen LogP contribution in [-0.2, 0) is 0 Å². The smallest absolute Gasteiger partial charge is 0.0549 e. The van der Waals surface area contributed by atoms with Crippen LogP contribution in [0.25, 0.3) is 0 Å². The quantitative estimate of drug-likeness (QED) is 0.779. The predicted molar refractivity (Wildman–Crippen MR) is 66.3 cm³/mol. The SMILES string of the molecule is CCC(C)C(C)Nc1cncc(NC)c1. The maximum absolute atomic E-state index is 4.17. The van der Waals surface area contributed by atoms with E-state index in [9.17, 15) is 0 Å². The number of pyridine rings is 1. The highest BCUT2D eigenvalue weighted by molar-refractivity contribution is 5.53. The summed E-state index contributed by atoms with van der Waals surface area (Å²) >= 11 is 0. The zero-order valence-electron chi connectivity index (χ0n) is 10.0. The molecule has 0 bridgehead atoms. The Hall–Kier alpha value is -1.25. The summed E-state index contributed by atoms with van der Waals surface area (Å²) in [5.41, 5.74) is 2.12. The van der Waals surface area contributed by atoms with Gasteiger partial charge in [0.25, 0.3) is 0 Å². The lowest BCUT2D eigenvalue weighted by molar-refractivity contribution is 0.494. The minimum absolute atomic E-state index is 0.476. The highest BCUT2D eigenvalue weighted by Gasteiger charge is 2.09. The second-order valence-electron chi connectivity index (χ2n) is 4.03. The zero-order valence-corrected chi connectivity index (χ0v) is 10.0. The fraction of sp³-hybridized carbons (Fsp3) is 0.583. The third kappa shape index (κ3) is 3.42. The van der Waals surface area contributed by atoms with Gasteiger partial charge in [-0.1, -0.05) is 20.3 Å². The average Bonchev–Trinajstić information content (AvgIpc) is 2.28. The first-order valence-corrected chi connectivity index (χ1v) is 5.56. The largest absolute Gasteiger partial charge is 0.387 e. The third-order valence-electron chi connectivity index (χ3n) is 2.92. The Morgan fingerprint density at radius 3 is 2.53 bits per heavy atom. The Bertz CT molecular complexity index is 299. The van der Waals surface area contributed by atoms with Gasteiger partial charge in [0.15, 0.2) is 0 Å². The molecule has 2 atom stereocenters. The molecule has 1 aromatic rings. The molecule has 0 aliphatic rings. The fourth-order valence-electron chi connectivity index (χ4n) is 1.41. The summed E-state index contributed by atoms with van der Waals surface area (Å²) in [6.07, 6.45) is 4.87. The van der Waals surface area contributed by atoms with E-state index in [1.54, 1.807) is 0 Å². The molecule has 3 nitrogen and oxygen atoms in total. The standard InChI is InChI=1S/C12H21N3/c1-5-9(2)10(3)15-12-6-11(13-4)7-14-8-12/h6-10,13,15H,5H2,1-4H3. The van der Waals surface area contributed by atoms with Crippen molar-refractivity contribution in [3.8, 4) is 0 Å². The molecule has 2 unspecified atom stereocenters. The van der Waals surface area contributed by atoms with Gasteiger partial charge in [0.2, 0.25) is 0 Å². The summed E-state index contributed by atoms with van der Waals surface area (Å²) in [5.74, 6) is 0.670. The molecule has 84 valence electrons. The Kier molecular flexibility index (Phi) is 4.40. The second kappa shape index (κ2) is 5.59. The Morgan fingerprint density at radius 2 is 1.93 bits per heavy atom. The first-order chi connectivity index (χ1) is 7.17. The van der Waals surface area contributed by atoms with E-state index in [2.05, 4.69) is 42.5 Å². The van der Waals surface area contributed by atoms with Gasteiger partial charge in [-0.05, 0) is 18.9 Å². The van der Waals surface area contributed by atoms with E-state index < -0.39 is 0 Å². The molecule has 1 rings (SSSR count). The number of nitrogens with zero attached hydrogens (tertiary/aromatic N) is 1. The normalized spacial score (nSPS) is 14.4. The molecule has 0 aliphatic heterocycles. The number of hydrogen-bond acceptors (Lipinski definition) is 3. The van der Waals surface area contributed by atoms with Crippen molar-refractivity contribution in [2.45, 2.75) is 33.2 Å². The monoisotopic (exact) mass is 207 g/mol. The Balaban J connectivity index is 2.63. The van der Waals surface area contributed by atoms with E-state index in [0.29, 0.717) is 12.0 Å². The topological polar surface area (TPSA) is 37.0 Å². The van der Waals surface area contributed by atoms with Gasteiger partial charge in [-0.3, -0.25) is 4.98 Å². The molecule has 0 amide bonds. The molecule has 0 saturated carbocycles. The molecule has 2 N–H and O–H groups in total. The highest BCUT2D eigenvalue weighted by Crippen LogP contribution is 2.16. The van der Waals surface area contributed by atoms with Crippen molar-refractivity contribution in [2.75, 3.05) is 17.7 Å². The molecule has 0 saturated heterocycles. The van der Waals surface area contributed by atoms with E-state index in [4.69, 9.17) is 0 Å². The summed E-state index contributed by atoms with van der Waals surface area (Å²) in [4.78, 5) is 4.17. The molecule has 0 fully saturated rings. The average molecular weight is 207 g/mol. The van der Waals surface area contributed by atoms with Crippen LogP contribution in [0.1, 0.15) is 27.2 Å². The minimum Gasteiger partial charge on any atom is -0.387 e. The summed E-state index contributed by atoms with van der Waals surface area (Å²) in [6, 6.07) is 2.55. The van der Waals surface area contributed by atoms with Crippen LogP contribution >= 0.6 is 0 Å². The summed E-state index contributed by atoms with van der Waals surface area (Å²) in [5, 5.41) is 6.55. The van der Waals surface area contributed by atoms with Crippen molar-refractivity contribution in [1.82, 2.24) is 4.98 Å². The molecule has 1 heterocycles. The molecular weight excluding hydrogens is 186 g/mol. The summed E-state index contributed by atoms with van der Waals surface area (Å²) < 4.78 is 0. The van der Waals surface area contributed by atoms with Gasteiger partial charge in [-0.25, -0.2) is 0 Å². The Morgan fingerprint density at radius 1 is 1.27 bits per heavy atom. The van der Waals surface area contributed by atoms with Crippen molar-refractivity contribution in [3.05, 3.63) is 18.5 Å². The van der Waals surface area contributed by atoms with Crippen LogP contribution in [0.2, 0.25) is 0 Å². The molecule has 0 spiro atoms. The lowest BCUT2D eigenvalue weighted by Gasteiger charge is -2.21. The predicted octanol–water partition coefficient (Wildman–Crippen LogP) is 2.97. The summed E-state index contributed by atoms with van der Waals surface area (Å²) in [6.45, 7) is 6.68. The molecule has 0 radical (unpaired) electrons. The summed E-state index contributed by atoms with van der Waals surface area (Å²) in [7, 11) is 1.90. The van der Waals surface area contributed by atoms with Gasteiger partial charge in [0.1, 0.15) is 0 Å². The number of rotatable bonds is 5. The van der Waals surface area contributed by atoms with Crippen molar-refractivity contribution >= 4 is 11.4 Å². The van der Waals surface area contributed by atoms with Crippen LogP contribution in [0.3, 0.4) is 0 Å². The van der Waals surface area contributed by atoms with Crippen LogP contribution in [0.15, 0.2) is 18.5 Å². The van der Waals surface area contributed by atoms with E-state index in [1.807, 2.05) is 19.4 Å². The van der Waals surface area contributed by atoms with Gasteiger partial charge in [0, 0.05) is 13.1 Å². The zero-order chi connectivity index (χ0) is 11.3. The lowest BCUT2D eigenvalue weighted by atomic mass is 10.0. The van der Waals surface area contributed by atoms with Crippen LogP contribution in [0.5, 0.6) is 0 Å². The van der Waals surface area contributed by atoms with E-state index >= 15 is 0 Å². The van der Waals surface area contributed by atoms with Crippen LogP contribution in [0.4, 0.5) is 11.4 Å². The van der Waals surface area contributed by atoms with Crippen LogP contribution in [0, 0.1) is 5.92 Å². The first-order valence-electron chi connectivity index (χ1n) is 5.56. The maximum Gasteiger partial charge on any atom is 0.0549 e. The van der Waals surface area contributed by atoms with Crippen LogP contribution in [-0.4, -0.2) is 18.1 Å². The lowest BCUT2D eigenvalue weighted by Crippen LogP contribution is -2.23. The number of nitrogens with one attached hydrogen (secondary N) is 2. The van der Waals surface area contributed by atoms with Gasteiger partial charge < -0.3 is 10.6 Å². The number of hydrogen-bond donors (Lipinski definition) is 2. The van der Waals surface area contributed by atoms with Gasteiger partial charge in [-0.15, -0.1) is 0 Å². The van der Waals surface area contributed by atoms with Crippen molar-refractivity contribution in [3.63, 3.8) is 0 Å². The van der Waals surface area contributed by atoms with E-state index in [0.717, 1.165) is 11.4 Å². The molecular formula is C12H21N3. The van der Waals surface area contributed by atoms with E-state index in [-0.39, 0.29) is 0 Å². The molecule has 3 heteroatoms. The fourth-order valence-corrected chi connectivity index (χ4v) is 1.41. The van der Waals surface area contributed by atoms with Crippen molar-refractivity contribution < 1.29 is 0 Å². The van der Waals surface area contributed by atoms with Gasteiger partial charge in [-0.2, -0.15) is 0 Å². The number of anilines is 2. The highest BCUT2D eigenvalue weighted by atomic mass is 14.9.